The molecular weight excluding hydrogens is 382 g/mol. The van der Waals surface area contributed by atoms with Crippen molar-refractivity contribution in [3.8, 4) is 11.4 Å². The molecule has 2 aromatic heterocycles. The van der Waals surface area contributed by atoms with Crippen LogP contribution in [-0.2, 0) is 0 Å². The summed E-state index contributed by atoms with van der Waals surface area (Å²) in [6.07, 6.45) is 0. The highest BCUT2D eigenvalue weighted by Gasteiger charge is 2.21. The molecule has 0 saturated carbocycles. The zero-order valence-corrected chi connectivity index (χ0v) is 17.7. The first-order valence-electron chi connectivity index (χ1n) is 9.61. The van der Waals surface area contributed by atoms with E-state index < -0.39 is 0 Å². The summed E-state index contributed by atoms with van der Waals surface area (Å²) in [6, 6.07) is 15.8. The van der Waals surface area contributed by atoms with Gasteiger partial charge in [0, 0.05) is 11.6 Å². The molecular formula is C22H23N5OS. The summed E-state index contributed by atoms with van der Waals surface area (Å²) in [4.78, 5) is 20.0. The Labute approximate surface area is 173 Å². The van der Waals surface area contributed by atoms with Crippen molar-refractivity contribution in [2.45, 2.75) is 44.1 Å². The standard InChI is InChI=1S/C22H23N5OS/c1-13(2)27-20(16-9-7-8-14(3)12-16)25-26-22(27)29-15(4)19-23-18-11-6-5-10-17(18)21(28)24-19/h5-13,15H,1-4H3,(H,23,24,28). The quantitative estimate of drug-likeness (QED) is 0.477. The number of hydrogen-bond donors (Lipinski definition) is 1. The van der Waals surface area contributed by atoms with Crippen LogP contribution in [-0.4, -0.2) is 24.7 Å². The second-order valence-corrected chi connectivity index (χ2v) is 8.68. The SMILES string of the molecule is Cc1cccc(-c2nnc(SC(C)c3nc4ccccc4c(=O)[nH]3)n2C(C)C)c1. The highest BCUT2D eigenvalue weighted by molar-refractivity contribution is 7.99. The molecule has 1 atom stereocenters. The van der Waals surface area contributed by atoms with Crippen LogP contribution in [0.2, 0.25) is 0 Å². The molecule has 148 valence electrons. The molecule has 0 bridgehead atoms. The van der Waals surface area contributed by atoms with Crippen LogP contribution < -0.4 is 5.56 Å². The van der Waals surface area contributed by atoms with Crippen molar-refractivity contribution in [2.24, 2.45) is 0 Å². The third kappa shape index (κ3) is 3.82. The van der Waals surface area contributed by atoms with Crippen molar-refractivity contribution in [1.29, 1.82) is 0 Å². The second-order valence-electron chi connectivity index (χ2n) is 7.37. The molecule has 0 amide bonds. The van der Waals surface area contributed by atoms with Crippen LogP contribution in [0.15, 0.2) is 58.5 Å². The Kier molecular flexibility index (Phi) is 5.24. The van der Waals surface area contributed by atoms with Crippen LogP contribution in [0.4, 0.5) is 0 Å². The lowest BCUT2D eigenvalue weighted by Gasteiger charge is -2.16. The van der Waals surface area contributed by atoms with E-state index in [4.69, 9.17) is 0 Å². The Morgan fingerprint density at radius 2 is 1.83 bits per heavy atom. The van der Waals surface area contributed by atoms with Crippen molar-refractivity contribution < 1.29 is 0 Å². The lowest BCUT2D eigenvalue weighted by atomic mass is 10.1. The zero-order chi connectivity index (χ0) is 20.5. The van der Waals surface area contributed by atoms with Gasteiger partial charge in [-0.15, -0.1) is 10.2 Å². The maximum atomic E-state index is 12.4. The number of aromatic amines is 1. The number of para-hydroxylation sites is 1. The first-order chi connectivity index (χ1) is 13.9. The van der Waals surface area contributed by atoms with E-state index in [0.29, 0.717) is 16.7 Å². The summed E-state index contributed by atoms with van der Waals surface area (Å²) in [5.41, 5.74) is 2.80. The topological polar surface area (TPSA) is 76.5 Å². The fourth-order valence-electron chi connectivity index (χ4n) is 3.31. The monoisotopic (exact) mass is 405 g/mol. The first kappa shape index (κ1) is 19.4. The number of nitrogens with zero attached hydrogens (tertiary/aromatic N) is 4. The summed E-state index contributed by atoms with van der Waals surface area (Å²) in [7, 11) is 0. The molecule has 7 heteroatoms. The number of aryl methyl sites for hydroxylation is 1. The predicted molar refractivity (Wildman–Crippen MR) is 117 cm³/mol. The normalized spacial score (nSPS) is 12.6. The van der Waals surface area contributed by atoms with E-state index in [1.165, 1.54) is 5.56 Å². The Bertz CT molecular complexity index is 1230. The third-order valence-corrected chi connectivity index (χ3v) is 5.82. The van der Waals surface area contributed by atoms with Gasteiger partial charge in [0.2, 0.25) is 0 Å². The molecule has 0 spiro atoms. The van der Waals surface area contributed by atoms with E-state index in [9.17, 15) is 4.79 Å². The van der Waals surface area contributed by atoms with Gasteiger partial charge < -0.3 is 4.98 Å². The molecule has 4 rings (SSSR count). The highest BCUT2D eigenvalue weighted by atomic mass is 32.2. The van der Waals surface area contributed by atoms with Gasteiger partial charge in [0.1, 0.15) is 5.82 Å². The van der Waals surface area contributed by atoms with Gasteiger partial charge >= 0.3 is 0 Å². The number of nitrogens with one attached hydrogen (secondary N) is 1. The van der Waals surface area contributed by atoms with Crippen molar-refractivity contribution in [2.75, 3.05) is 0 Å². The van der Waals surface area contributed by atoms with E-state index in [-0.39, 0.29) is 16.9 Å². The molecule has 4 aromatic rings. The van der Waals surface area contributed by atoms with Crippen molar-refractivity contribution in [1.82, 2.24) is 24.7 Å². The highest BCUT2D eigenvalue weighted by Crippen LogP contribution is 2.35. The maximum Gasteiger partial charge on any atom is 0.258 e. The van der Waals surface area contributed by atoms with Crippen molar-refractivity contribution in [3.63, 3.8) is 0 Å². The van der Waals surface area contributed by atoms with Crippen LogP contribution in [0, 0.1) is 6.92 Å². The van der Waals surface area contributed by atoms with Crippen molar-refractivity contribution >= 4 is 22.7 Å². The molecule has 1 unspecified atom stereocenters. The minimum atomic E-state index is -0.121. The van der Waals surface area contributed by atoms with Gasteiger partial charge in [0.25, 0.3) is 5.56 Å². The molecule has 2 heterocycles. The molecule has 0 aliphatic heterocycles. The average molecular weight is 406 g/mol. The number of fused-ring (bicyclic) bond motifs is 1. The number of aromatic nitrogens is 5. The molecule has 2 aromatic carbocycles. The Morgan fingerprint density at radius 3 is 2.59 bits per heavy atom. The maximum absolute atomic E-state index is 12.4. The third-order valence-electron chi connectivity index (χ3n) is 4.76. The Balaban J connectivity index is 1.70. The molecule has 29 heavy (non-hydrogen) atoms. The smallest absolute Gasteiger partial charge is 0.258 e. The molecule has 0 aliphatic carbocycles. The fraction of sp³-hybridized carbons (Fsp3) is 0.273. The second kappa shape index (κ2) is 7.83. The van der Waals surface area contributed by atoms with Gasteiger partial charge in [0.05, 0.1) is 16.2 Å². The predicted octanol–water partition coefficient (Wildman–Crippen LogP) is 4.92. The molecule has 0 aliphatic rings. The summed E-state index contributed by atoms with van der Waals surface area (Å²) in [5.74, 6) is 1.48. The van der Waals surface area contributed by atoms with E-state index >= 15 is 0 Å². The van der Waals surface area contributed by atoms with E-state index in [0.717, 1.165) is 16.5 Å². The molecule has 0 fully saturated rings. The minimum absolute atomic E-state index is 0.0839. The van der Waals surface area contributed by atoms with Gasteiger partial charge in [-0.2, -0.15) is 0 Å². The Hall–Kier alpha value is -2.93. The van der Waals surface area contributed by atoms with Gasteiger partial charge in [-0.25, -0.2) is 4.98 Å². The van der Waals surface area contributed by atoms with Gasteiger partial charge in [-0.1, -0.05) is 47.7 Å². The molecule has 0 saturated heterocycles. The summed E-state index contributed by atoms with van der Waals surface area (Å²) in [5, 5.41) is 10.2. The van der Waals surface area contributed by atoms with E-state index in [2.05, 4.69) is 63.7 Å². The van der Waals surface area contributed by atoms with E-state index in [1.54, 1.807) is 17.8 Å². The van der Waals surface area contributed by atoms with Gasteiger partial charge in [-0.05, 0) is 45.9 Å². The zero-order valence-electron chi connectivity index (χ0n) is 16.9. The number of rotatable bonds is 5. The number of thioether (sulfide) groups is 1. The molecule has 0 radical (unpaired) electrons. The summed E-state index contributed by atoms with van der Waals surface area (Å²) < 4.78 is 2.13. The summed E-state index contributed by atoms with van der Waals surface area (Å²) in [6.45, 7) is 8.32. The van der Waals surface area contributed by atoms with E-state index in [1.807, 2.05) is 31.2 Å². The molecule has 1 N–H and O–H groups in total. The van der Waals surface area contributed by atoms with Crippen molar-refractivity contribution in [3.05, 3.63) is 70.3 Å². The van der Waals surface area contributed by atoms with Gasteiger partial charge in [-0.3, -0.25) is 9.36 Å². The van der Waals surface area contributed by atoms with Crippen LogP contribution in [0.5, 0.6) is 0 Å². The lowest BCUT2D eigenvalue weighted by molar-refractivity contribution is 0.554. The fourth-order valence-corrected chi connectivity index (χ4v) is 4.35. The molecule has 6 nitrogen and oxygen atoms in total. The Morgan fingerprint density at radius 1 is 1.03 bits per heavy atom. The van der Waals surface area contributed by atoms with Crippen LogP contribution in [0.25, 0.3) is 22.3 Å². The first-order valence-corrected chi connectivity index (χ1v) is 10.5. The van der Waals surface area contributed by atoms with Gasteiger partial charge in [0.15, 0.2) is 11.0 Å². The average Bonchev–Trinajstić information content (AvgIpc) is 3.12. The minimum Gasteiger partial charge on any atom is -0.309 e. The van der Waals surface area contributed by atoms with Crippen LogP contribution >= 0.6 is 11.8 Å². The largest absolute Gasteiger partial charge is 0.309 e. The number of benzene rings is 2. The van der Waals surface area contributed by atoms with Crippen LogP contribution in [0.3, 0.4) is 0 Å². The lowest BCUT2D eigenvalue weighted by Crippen LogP contribution is -2.13. The number of hydrogen-bond acceptors (Lipinski definition) is 5. The summed E-state index contributed by atoms with van der Waals surface area (Å²) >= 11 is 1.55. The van der Waals surface area contributed by atoms with Crippen LogP contribution in [0.1, 0.15) is 43.5 Å². The number of H-pyrrole nitrogens is 1.